The van der Waals surface area contributed by atoms with E-state index in [-0.39, 0.29) is 5.78 Å². The van der Waals surface area contributed by atoms with E-state index < -0.39 is 0 Å². The summed E-state index contributed by atoms with van der Waals surface area (Å²) < 4.78 is 0. The first kappa shape index (κ1) is 23.8. The molecule has 176 valence electrons. The molecule has 1 unspecified atom stereocenters. The van der Waals surface area contributed by atoms with E-state index in [9.17, 15) is 4.79 Å². The number of carbonyl (C=O) groups excluding carboxylic acids is 1. The number of Topliss-reactive ketones (excluding diaryl/α,β-unsaturated/α-hetero) is 1. The molecule has 1 aliphatic rings. The molecule has 1 atom stereocenters. The number of fused-ring (bicyclic) bond motifs is 1. The van der Waals surface area contributed by atoms with Crippen LogP contribution in [-0.4, -0.2) is 35.3 Å². The SMILES string of the molecule is CC(C)Cc1cccc(C(=O)Cc2ccc3[nH]cc(CC4CCCN4C)c3c2)c1CC(C)C. The minimum Gasteiger partial charge on any atom is -0.361 e. The summed E-state index contributed by atoms with van der Waals surface area (Å²) in [6.45, 7) is 10.2. The van der Waals surface area contributed by atoms with Gasteiger partial charge in [-0.2, -0.15) is 0 Å². The second-order valence-corrected chi connectivity index (χ2v) is 10.9. The third-order valence-electron chi connectivity index (χ3n) is 7.14. The summed E-state index contributed by atoms with van der Waals surface area (Å²) in [4.78, 5) is 19.4. The zero-order valence-corrected chi connectivity index (χ0v) is 21.1. The van der Waals surface area contributed by atoms with Crippen LogP contribution in [-0.2, 0) is 25.7 Å². The van der Waals surface area contributed by atoms with Crippen LogP contribution in [0.2, 0.25) is 0 Å². The number of ketones is 1. The molecule has 33 heavy (non-hydrogen) atoms. The lowest BCUT2D eigenvalue weighted by atomic mass is 9.87. The first-order valence-corrected chi connectivity index (χ1v) is 12.7. The lowest BCUT2D eigenvalue weighted by Crippen LogP contribution is -2.26. The highest BCUT2D eigenvalue weighted by Crippen LogP contribution is 2.27. The Kier molecular flexibility index (Phi) is 7.38. The minimum absolute atomic E-state index is 0.239. The Morgan fingerprint density at radius 3 is 2.55 bits per heavy atom. The van der Waals surface area contributed by atoms with Gasteiger partial charge in [-0.3, -0.25) is 4.79 Å². The van der Waals surface area contributed by atoms with Crippen LogP contribution in [0.4, 0.5) is 0 Å². The van der Waals surface area contributed by atoms with E-state index in [0.29, 0.717) is 24.3 Å². The lowest BCUT2D eigenvalue weighted by molar-refractivity contribution is 0.0992. The van der Waals surface area contributed by atoms with E-state index in [0.717, 1.165) is 30.4 Å². The summed E-state index contributed by atoms with van der Waals surface area (Å²) in [5.74, 6) is 1.34. The Hall–Kier alpha value is -2.39. The molecule has 1 aliphatic heterocycles. The molecule has 1 N–H and O–H groups in total. The number of aromatic nitrogens is 1. The topological polar surface area (TPSA) is 36.1 Å². The molecule has 0 radical (unpaired) electrons. The van der Waals surface area contributed by atoms with Gasteiger partial charge in [0.05, 0.1) is 0 Å². The fourth-order valence-electron chi connectivity index (χ4n) is 5.45. The van der Waals surface area contributed by atoms with E-state index in [1.807, 2.05) is 6.07 Å². The quantitative estimate of drug-likeness (QED) is 0.376. The number of hydrogen-bond donors (Lipinski definition) is 1. The van der Waals surface area contributed by atoms with Gasteiger partial charge in [0.2, 0.25) is 0 Å². The van der Waals surface area contributed by atoms with Crippen LogP contribution < -0.4 is 0 Å². The van der Waals surface area contributed by atoms with Gasteiger partial charge in [-0.1, -0.05) is 52.0 Å². The summed E-state index contributed by atoms with van der Waals surface area (Å²) in [6.07, 6.45) is 8.24. The number of hydrogen-bond acceptors (Lipinski definition) is 2. The van der Waals surface area contributed by atoms with Gasteiger partial charge >= 0.3 is 0 Å². The number of rotatable bonds is 9. The maximum Gasteiger partial charge on any atom is 0.167 e. The third-order valence-corrected chi connectivity index (χ3v) is 7.14. The number of carbonyl (C=O) groups is 1. The van der Waals surface area contributed by atoms with Crippen molar-refractivity contribution in [1.82, 2.24) is 9.88 Å². The molecule has 2 aromatic carbocycles. The Balaban J connectivity index is 1.59. The van der Waals surface area contributed by atoms with E-state index in [2.05, 4.69) is 81.2 Å². The first-order chi connectivity index (χ1) is 15.8. The molecule has 4 rings (SSSR count). The maximum atomic E-state index is 13.5. The summed E-state index contributed by atoms with van der Waals surface area (Å²) >= 11 is 0. The highest BCUT2D eigenvalue weighted by molar-refractivity contribution is 5.99. The molecule has 3 nitrogen and oxygen atoms in total. The van der Waals surface area contributed by atoms with Crippen LogP contribution in [0.3, 0.4) is 0 Å². The van der Waals surface area contributed by atoms with Gasteiger partial charge in [-0.15, -0.1) is 0 Å². The van der Waals surface area contributed by atoms with Crippen molar-refractivity contribution >= 4 is 16.7 Å². The number of likely N-dealkylation sites (N-methyl/N-ethyl adjacent to an activating group) is 1. The van der Waals surface area contributed by atoms with Crippen LogP contribution in [0.15, 0.2) is 42.6 Å². The summed E-state index contributed by atoms with van der Waals surface area (Å²) in [5, 5.41) is 1.27. The standard InChI is InChI=1S/C30H40N2O/c1-20(2)14-23-8-6-10-26(27(23)15-21(3)4)30(33)17-22-11-12-29-28(16-22)24(19-31-29)18-25-9-7-13-32(25)5/h6,8,10-12,16,19-21,25,31H,7,9,13-15,17-18H2,1-5H3. The largest absolute Gasteiger partial charge is 0.361 e. The van der Waals surface area contributed by atoms with Gasteiger partial charge in [0.15, 0.2) is 5.78 Å². The molecule has 0 aliphatic carbocycles. The van der Waals surface area contributed by atoms with Crippen LogP contribution >= 0.6 is 0 Å². The normalized spacial score (nSPS) is 17.0. The van der Waals surface area contributed by atoms with Gasteiger partial charge in [0.25, 0.3) is 0 Å². The van der Waals surface area contributed by atoms with Gasteiger partial charge in [0, 0.05) is 35.1 Å². The molecule has 0 spiro atoms. The molecule has 0 saturated carbocycles. The summed E-state index contributed by atoms with van der Waals surface area (Å²) in [7, 11) is 2.23. The molecule has 3 aromatic rings. The average molecular weight is 445 g/mol. The van der Waals surface area contributed by atoms with E-state index in [4.69, 9.17) is 0 Å². The number of aromatic amines is 1. The molecule has 1 fully saturated rings. The molecule has 1 aromatic heterocycles. The van der Waals surface area contributed by atoms with Crippen molar-refractivity contribution in [2.24, 2.45) is 11.8 Å². The molecule has 3 heteroatoms. The maximum absolute atomic E-state index is 13.5. The fourth-order valence-corrected chi connectivity index (χ4v) is 5.45. The van der Waals surface area contributed by atoms with Crippen molar-refractivity contribution in [3.8, 4) is 0 Å². The highest BCUT2D eigenvalue weighted by Gasteiger charge is 2.22. The summed E-state index contributed by atoms with van der Waals surface area (Å²) in [5.41, 5.74) is 7.17. The van der Waals surface area contributed by atoms with Gasteiger partial charge in [0.1, 0.15) is 0 Å². The Morgan fingerprint density at radius 1 is 1.06 bits per heavy atom. The Labute approximate surface area is 199 Å². The number of likely N-dealkylation sites (tertiary alicyclic amines) is 1. The minimum atomic E-state index is 0.239. The van der Waals surface area contributed by atoms with Gasteiger partial charge < -0.3 is 9.88 Å². The van der Waals surface area contributed by atoms with Crippen LogP contribution in [0.1, 0.15) is 73.1 Å². The Morgan fingerprint density at radius 2 is 1.85 bits per heavy atom. The van der Waals surface area contributed by atoms with E-state index >= 15 is 0 Å². The predicted molar refractivity (Wildman–Crippen MR) is 139 cm³/mol. The predicted octanol–water partition coefficient (Wildman–Crippen LogP) is 6.63. The molecule has 0 bridgehead atoms. The first-order valence-electron chi connectivity index (χ1n) is 12.7. The number of benzene rings is 2. The van der Waals surface area contributed by atoms with E-state index in [1.54, 1.807) is 0 Å². The lowest BCUT2D eigenvalue weighted by Gasteiger charge is -2.19. The van der Waals surface area contributed by atoms with Crippen LogP contribution in [0, 0.1) is 11.8 Å². The van der Waals surface area contributed by atoms with Crippen LogP contribution in [0.5, 0.6) is 0 Å². The van der Waals surface area contributed by atoms with Crippen molar-refractivity contribution in [2.45, 2.75) is 72.3 Å². The van der Waals surface area contributed by atoms with Crippen LogP contribution in [0.25, 0.3) is 10.9 Å². The second-order valence-electron chi connectivity index (χ2n) is 10.9. The summed E-state index contributed by atoms with van der Waals surface area (Å²) in [6, 6.07) is 13.4. The highest BCUT2D eigenvalue weighted by atomic mass is 16.1. The smallest absolute Gasteiger partial charge is 0.167 e. The van der Waals surface area contributed by atoms with Crippen molar-refractivity contribution in [2.75, 3.05) is 13.6 Å². The zero-order valence-electron chi connectivity index (χ0n) is 21.1. The van der Waals surface area contributed by atoms with Gasteiger partial charge in [-0.05, 0) is 91.9 Å². The molecule has 1 saturated heterocycles. The monoisotopic (exact) mass is 444 g/mol. The zero-order chi connectivity index (χ0) is 23.5. The molecular weight excluding hydrogens is 404 g/mol. The van der Waals surface area contributed by atoms with Crippen molar-refractivity contribution in [1.29, 1.82) is 0 Å². The number of nitrogens with zero attached hydrogens (tertiary/aromatic N) is 1. The molecule has 0 amide bonds. The fraction of sp³-hybridized carbons (Fsp3) is 0.500. The average Bonchev–Trinajstić information content (AvgIpc) is 3.34. The van der Waals surface area contributed by atoms with E-state index in [1.165, 1.54) is 47.0 Å². The van der Waals surface area contributed by atoms with Gasteiger partial charge in [-0.25, -0.2) is 0 Å². The van der Waals surface area contributed by atoms with Crippen molar-refractivity contribution in [3.63, 3.8) is 0 Å². The van der Waals surface area contributed by atoms with Crippen molar-refractivity contribution < 1.29 is 4.79 Å². The molecular formula is C30H40N2O. The number of H-pyrrole nitrogens is 1. The third kappa shape index (κ3) is 5.58. The Bertz CT molecular complexity index is 1110. The number of nitrogens with one attached hydrogen (secondary N) is 1. The second kappa shape index (κ2) is 10.3. The van der Waals surface area contributed by atoms with Crippen molar-refractivity contribution in [3.05, 3.63) is 70.4 Å². The molecule has 2 heterocycles.